The molecule has 2 aromatic carbocycles. The molecule has 0 aliphatic heterocycles. The highest BCUT2D eigenvalue weighted by Gasteiger charge is 2.07. The van der Waals surface area contributed by atoms with Crippen LogP contribution in [-0.4, -0.2) is 19.8 Å². The summed E-state index contributed by atoms with van der Waals surface area (Å²) >= 11 is 0. The van der Waals surface area contributed by atoms with Gasteiger partial charge in [0.2, 0.25) is 10.0 Å². The van der Waals surface area contributed by atoms with Crippen molar-refractivity contribution in [2.45, 2.75) is 6.54 Å². The summed E-state index contributed by atoms with van der Waals surface area (Å²) in [6, 6.07) is 14.0. The number of benzene rings is 2. The van der Waals surface area contributed by atoms with E-state index in [1.165, 1.54) is 0 Å². The van der Waals surface area contributed by atoms with Gasteiger partial charge in [0.1, 0.15) is 5.75 Å². The van der Waals surface area contributed by atoms with E-state index in [1.807, 2.05) is 6.07 Å². The Morgan fingerprint density at radius 2 is 1.60 bits per heavy atom. The fourth-order valence-electron chi connectivity index (χ4n) is 1.78. The van der Waals surface area contributed by atoms with Crippen LogP contribution < -0.4 is 10.0 Å². The SMILES string of the molecule is CS(=O)(=O)Nc1ccccc1NCc1ccccc1O. The molecule has 0 aromatic heterocycles. The Kier molecular flexibility index (Phi) is 4.14. The molecule has 2 rings (SSSR count). The van der Waals surface area contributed by atoms with Crippen LogP contribution in [0.5, 0.6) is 5.75 Å². The Balaban J connectivity index is 2.16. The van der Waals surface area contributed by atoms with Gasteiger partial charge in [0, 0.05) is 12.1 Å². The second-order valence-electron chi connectivity index (χ2n) is 4.40. The molecule has 0 heterocycles. The van der Waals surface area contributed by atoms with Crippen LogP contribution in [0.4, 0.5) is 11.4 Å². The van der Waals surface area contributed by atoms with Crippen LogP contribution in [0.2, 0.25) is 0 Å². The fourth-order valence-corrected chi connectivity index (χ4v) is 2.35. The van der Waals surface area contributed by atoms with E-state index < -0.39 is 10.0 Å². The number of sulfonamides is 1. The summed E-state index contributed by atoms with van der Waals surface area (Å²) in [6.45, 7) is 0.398. The van der Waals surface area contributed by atoms with Gasteiger partial charge in [-0.1, -0.05) is 30.3 Å². The molecule has 20 heavy (non-hydrogen) atoms. The van der Waals surface area contributed by atoms with Gasteiger partial charge in [0.15, 0.2) is 0 Å². The molecule has 0 saturated heterocycles. The van der Waals surface area contributed by atoms with Crippen molar-refractivity contribution in [1.82, 2.24) is 0 Å². The van der Waals surface area contributed by atoms with Crippen LogP contribution in [0.25, 0.3) is 0 Å². The zero-order valence-electron chi connectivity index (χ0n) is 11.0. The first-order chi connectivity index (χ1) is 9.46. The quantitative estimate of drug-likeness (QED) is 0.790. The van der Waals surface area contributed by atoms with Crippen molar-refractivity contribution in [3.8, 4) is 5.75 Å². The topological polar surface area (TPSA) is 78.4 Å². The van der Waals surface area contributed by atoms with Gasteiger partial charge in [-0.05, 0) is 18.2 Å². The highest BCUT2D eigenvalue weighted by Crippen LogP contribution is 2.24. The molecule has 0 bridgehead atoms. The molecule has 0 aliphatic rings. The van der Waals surface area contributed by atoms with Gasteiger partial charge >= 0.3 is 0 Å². The van der Waals surface area contributed by atoms with Gasteiger partial charge in [-0.25, -0.2) is 8.42 Å². The van der Waals surface area contributed by atoms with Gasteiger partial charge in [0.05, 0.1) is 17.6 Å². The normalized spacial score (nSPS) is 11.1. The van der Waals surface area contributed by atoms with Gasteiger partial charge in [-0.15, -0.1) is 0 Å². The number of phenolic OH excluding ortho intramolecular Hbond substituents is 1. The zero-order valence-corrected chi connectivity index (χ0v) is 11.8. The molecule has 0 fully saturated rings. The number of para-hydroxylation sites is 3. The molecule has 6 heteroatoms. The van der Waals surface area contributed by atoms with E-state index in [4.69, 9.17) is 0 Å². The average Bonchev–Trinajstić information content (AvgIpc) is 2.37. The summed E-state index contributed by atoms with van der Waals surface area (Å²) in [5.41, 5.74) is 1.87. The van der Waals surface area contributed by atoms with Crippen LogP contribution in [0.1, 0.15) is 5.56 Å². The van der Waals surface area contributed by atoms with E-state index >= 15 is 0 Å². The standard InChI is InChI=1S/C14H16N2O3S/c1-20(18,19)16-13-8-4-3-7-12(13)15-10-11-6-2-5-9-14(11)17/h2-9,15-17H,10H2,1H3. The van der Waals surface area contributed by atoms with E-state index in [0.29, 0.717) is 17.9 Å². The number of nitrogens with one attached hydrogen (secondary N) is 2. The van der Waals surface area contributed by atoms with Crippen LogP contribution in [0, 0.1) is 0 Å². The number of anilines is 2. The van der Waals surface area contributed by atoms with E-state index in [2.05, 4.69) is 10.0 Å². The summed E-state index contributed by atoms with van der Waals surface area (Å²) in [4.78, 5) is 0. The van der Waals surface area contributed by atoms with Crippen LogP contribution >= 0.6 is 0 Å². The van der Waals surface area contributed by atoms with Gasteiger partial charge in [-0.2, -0.15) is 0 Å². The molecule has 0 unspecified atom stereocenters. The molecule has 0 atom stereocenters. The van der Waals surface area contributed by atoms with Gasteiger partial charge < -0.3 is 10.4 Å². The molecule has 0 saturated carbocycles. The summed E-state index contributed by atoms with van der Waals surface area (Å²) in [5.74, 6) is 0.202. The lowest BCUT2D eigenvalue weighted by Gasteiger charge is -2.13. The monoisotopic (exact) mass is 292 g/mol. The average molecular weight is 292 g/mol. The van der Waals surface area contributed by atoms with E-state index in [9.17, 15) is 13.5 Å². The molecular weight excluding hydrogens is 276 g/mol. The van der Waals surface area contributed by atoms with Crippen LogP contribution in [-0.2, 0) is 16.6 Å². The molecule has 106 valence electrons. The predicted molar refractivity (Wildman–Crippen MR) is 80.3 cm³/mol. The second-order valence-corrected chi connectivity index (χ2v) is 6.15. The Morgan fingerprint density at radius 1 is 1.00 bits per heavy atom. The molecule has 5 nitrogen and oxygen atoms in total. The zero-order chi connectivity index (χ0) is 14.6. The van der Waals surface area contributed by atoms with E-state index in [0.717, 1.165) is 11.8 Å². The highest BCUT2D eigenvalue weighted by molar-refractivity contribution is 7.92. The number of aromatic hydroxyl groups is 1. The Labute approximate surface area is 118 Å². The number of rotatable bonds is 5. The Bertz CT molecular complexity index is 699. The maximum Gasteiger partial charge on any atom is 0.229 e. The smallest absolute Gasteiger partial charge is 0.229 e. The summed E-state index contributed by atoms with van der Waals surface area (Å²) in [5, 5.41) is 12.8. The van der Waals surface area contributed by atoms with Crippen molar-refractivity contribution in [3.63, 3.8) is 0 Å². The van der Waals surface area contributed by atoms with Crippen molar-refractivity contribution in [1.29, 1.82) is 0 Å². The van der Waals surface area contributed by atoms with Crippen LogP contribution in [0.15, 0.2) is 48.5 Å². The first-order valence-corrected chi connectivity index (χ1v) is 7.92. The molecule has 2 aromatic rings. The second kappa shape index (κ2) is 5.83. The van der Waals surface area contributed by atoms with Crippen LogP contribution in [0.3, 0.4) is 0 Å². The minimum Gasteiger partial charge on any atom is -0.508 e. The lowest BCUT2D eigenvalue weighted by molar-refractivity contribution is 0.469. The first-order valence-electron chi connectivity index (χ1n) is 6.03. The van der Waals surface area contributed by atoms with Gasteiger partial charge in [-0.3, -0.25) is 4.72 Å². The van der Waals surface area contributed by atoms with Crippen molar-refractivity contribution in [2.24, 2.45) is 0 Å². The summed E-state index contributed by atoms with van der Waals surface area (Å²) < 4.78 is 25.1. The van der Waals surface area contributed by atoms with Crippen molar-refractivity contribution in [3.05, 3.63) is 54.1 Å². The largest absolute Gasteiger partial charge is 0.508 e. The molecule has 3 N–H and O–H groups in total. The minimum atomic E-state index is -3.33. The maximum atomic E-state index is 11.3. The van der Waals surface area contributed by atoms with Gasteiger partial charge in [0.25, 0.3) is 0 Å². The molecule has 0 spiro atoms. The highest BCUT2D eigenvalue weighted by atomic mass is 32.2. The van der Waals surface area contributed by atoms with Crippen molar-refractivity contribution in [2.75, 3.05) is 16.3 Å². The maximum absolute atomic E-state index is 11.3. The number of hydrogen-bond donors (Lipinski definition) is 3. The molecule has 0 amide bonds. The molecular formula is C14H16N2O3S. The van der Waals surface area contributed by atoms with E-state index in [1.54, 1.807) is 42.5 Å². The Hall–Kier alpha value is -2.21. The number of phenols is 1. The fraction of sp³-hybridized carbons (Fsp3) is 0.143. The van der Waals surface area contributed by atoms with Crippen molar-refractivity contribution >= 4 is 21.4 Å². The number of hydrogen-bond acceptors (Lipinski definition) is 4. The predicted octanol–water partition coefficient (Wildman–Crippen LogP) is 2.38. The lowest BCUT2D eigenvalue weighted by Crippen LogP contribution is -2.11. The van der Waals surface area contributed by atoms with E-state index in [-0.39, 0.29) is 5.75 Å². The summed E-state index contributed by atoms with van der Waals surface area (Å²) in [7, 11) is -3.33. The molecule has 0 aliphatic carbocycles. The third-order valence-corrected chi connectivity index (χ3v) is 3.27. The Morgan fingerprint density at radius 3 is 2.25 bits per heavy atom. The van der Waals surface area contributed by atoms with Crippen molar-refractivity contribution < 1.29 is 13.5 Å². The molecule has 0 radical (unpaired) electrons. The first kappa shape index (κ1) is 14.2. The third-order valence-electron chi connectivity index (χ3n) is 2.68. The lowest BCUT2D eigenvalue weighted by atomic mass is 10.2. The minimum absolute atomic E-state index is 0.202. The third kappa shape index (κ3) is 3.89. The summed E-state index contributed by atoms with van der Waals surface area (Å²) in [6.07, 6.45) is 1.10.